The van der Waals surface area contributed by atoms with Crippen LogP contribution in [0.3, 0.4) is 0 Å². The molecule has 0 spiro atoms. The molecule has 0 amide bonds. The van der Waals surface area contributed by atoms with E-state index in [1.807, 2.05) is 60.7 Å². The molecule has 0 saturated heterocycles. The van der Waals surface area contributed by atoms with Crippen LogP contribution in [0.5, 0.6) is 0 Å². The van der Waals surface area contributed by atoms with Gasteiger partial charge in [-0.3, -0.25) is 4.79 Å². The quantitative estimate of drug-likeness (QED) is 0.780. The second kappa shape index (κ2) is 4.66. The molecule has 1 N–H and O–H groups in total. The average Bonchev–Trinajstić information content (AvgIpc) is 2.31. The molecule has 0 heterocycles. The molecule has 2 nitrogen and oxygen atoms in total. The van der Waals surface area contributed by atoms with Crippen LogP contribution in [0.2, 0.25) is 0 Å². The first-order valence-electron chi connectivity index (χ1n) is 5.12. The molecule has 2 aromatic carbocycles. The fourth-order valence-corrected chi connectivity index (χ4v) is 1.77. The van der Waals surface area contributed by atoms with Crippen molar-refractivity contribution in [2.75, 3.05) is 0 Å². The van der Waals surface area contributed by atoms with E-state index in [1.165, 1.54) is 0 Å². The molecule has 78 valence electrons. The lowest BCUT2D eigenvalue weighted by molar-refractivity contribution is 0.219. The van der Waals surface area contributed by atoms with Gasteiger partial charge in [0.1, 0.15) is 0 Å². The third-order valence-corrected chi connectivity index (χ3v) is 2.51. The van der Waals surface area contributed by atoms with Gasteiger partial charge in [-0.15, -0.1) is 0 Å². The van der Waals surface area contributed by atoms with Crippen LogP contribution >= 0.6 is 0 Å². The van der Waals surface area contributed by atoms with Gasteiger partial charge in [-0.2, -0.15) is 0 Å². The third kappa shape index (κ3) is 2.14. The number of rotatable bonds is 3. The van der Waals surface area contributed by atoms with E-state index in [0.29, 0.717) is 0 Å². The van der Waals surface area contributed by atoms with E-state index in [1.54, 1.807) is 0 Å². The fraction of sp³-hybridized carbons (Fsp3) is 0. The third-order valence-electron chi connectivity index (χ3n) is 2.51. The van der Waals surface area contributed by atoms with Crippen molar-refractivity contribution in [1.29, 1.82) is 0 Å². The maximum absolute atomic E-state index is 11.3. The SMILES string of the molecule is O=C(O)B(c1ccccc1)c1ccccc1. The highest BCUT2D eigenvalue weighted by Gasteiger charge is 2.27. The van der Waals surface area contributed by atoms with E-state index in [2.05, 4.69) is 0 Å². The summed E-state index contributed by atoms with van der Waals surface area (Å²) in [5.74, 6) is -0.822. The Morgan fingerprint density at radius 2 is 1.19 bits per heavy atom. The molecule has 0 fully saturated rings. The molecule has 3 heteroatoms. The minimum absolute atomic E-state index is 0.581. The Hall–Kier alpha value is -2.03. The van der Waals surface area contributed by atoms with Gasteiger partial charge in [-0.1, -0.05) is 71.6 Å². The van der Waals surface area contributed by atoms with Crippen molar-refractivity contribution in [2.24, 2.45) is 0 Å². The lowest BCUT2D eigenvalue weighted by atomic mass is 9.40. The van der Waals surface area contributed by atoms with Crippen molar-refractivity contribution in [3.63, 3.8) is 0 Å². The largest absolute Gasteiger partial charge is 0.489 e. The van der Waals surface area contributed by atoms with Crippen LogP contribution in [-0.4, -0.2) is 17.7 Å². The van der Waals surface area contributed by atoms with Gasteiger partial charge in [0.25, 0.3) is 5.87 Å². The van der Waals surface area contributed by atoms with Crippen LogP contribution in [0.1, 0.15) is 0 Å². The normalized spacial score (nSPS) is 9.75. The van der Waals surface area contributed by atoms with Gasteiger partial charge in [0.05, 0.1) is 0 Å². The molecule has 0 bridgehead atoms. The molecule has 0 atom stereocenters. The molecule has 0 aliphatic rings. The molecule has 0 saturated carbocycles. The summed E-state index contributed by atoms with van der Waals surface area (Å²) in [4.78, 5) is 11.3. The summed E-state index contributed by atoms with van der Waals surface area (Å²) < 4.78 is 0. The molecular formula is C13H11BO2. The molecule has 0 aromatic heterocycles. The zero-order valence-corrected chi connectivity index (χ0v) is 8.71. The molecular weight excluding hydrogens is 199 g/mol. The number of carbonyl (C=O) groups is 1. The average molecular weight is 210 g/mol. The molecule has 0 aliphatic heterocycles. The van der Waals surface area contributed by atoms with E-state index in [-0.39, 0.29) is 0 Å². The number of carboxylic acid groups (broad SMARTS) is 1. The highest BCUT2D eigenvalue weighted by Crippen LogP contribution is 1.93. The van der Waals surface area contributed by atoms with E-state index in [4.69, 9.17) is 0 Å². The van der Waals surface area contributed by atoms with E-state index in [9.17, 15) is 9.90 Å². The number of hydrogen-bond acceptors (Lipinski definition) is 1. The topological polar surface area (TPSA) is 37.3 Å². The van der Waals surface area contributed by atoms with Crippen LogP contribution in [0, 0.1) is 0 Å². The van der Waals surface area contributed by atoms with E-state index < -0.39 is 12.6 Å². The van der Waals surface area contributed by atoms with Crippen LogP contribution in [-0.2, 0) is 0 Å². The number of benzene rings is 2. The molecule has 0 unspecified atom stereocenters. The van der Waals surface area contributed by atoms with E-state index in [0.717, 1.165) is 10.9 Å². The monoisotopic (exact) mass is 210 g/mol. The van der Waals surface area contributed by atoms with Gasteiger partial charge in [0.2, 0.25) is 0 Å². The lowest BCUT2D eigenvalue weighted by Crippen LogP contribution is -2.48. The highest BCUT2D eigenvalue weighted by molar-refractivity contribution is 7.06. The Morgan fingerprint density at radius 1 is 0.812 bits per heavy atom. The van der Waals surface area contributed by atoms with Gasteiger partial charge in [-0.25, -0.2) is 0 Å². The Bertz CT molecular complexity index is 428. The smallest absolute Gasteiger partial charge is 0.342 e. The maximum Gasteiger partial charge on any atom is 0.342 e. The lowest BCUT2D eigenvalue weighted by Gasteiger charge is -2.08. The van der Waals surface area contributed by atoms with Crippen LogP contribution in [0.4, 0.5) is 4.79 Å². The Kier molecular flexibility index (Phi) is 3.06. The number of hydrogen-bond donors (Lipinski definition) is 1. The van der Waals surface area contributed by atoms with Gasteiger partial charge in [0, 0.05) is 0 Å². The summed E-state index contributed by atoms with van der Waals surface area (Å²) in [6.45, 7) is -0.581. The first-order chi connectivity index (χ1) is 7.79. The van der Waals surface area contributed by atoms with Crippen molar-refractivity contribution in [2.45, 2.75) is 0 Å². The van der Waals surface area contributed by atoms with Crippen molar-refractivity contribution >= 4 is 23.5 Å². The maximum atomic E-state index is 11.3. The van der Waals surface area contributed by atoms with Crippen LogP contribution in [0.25, 0.3) is 0 Å². The first-order valence-corrected chi connectivity index (χ1v) is 5.12. The molecule has 0 aliphatic carbocycles. The highest BCUT2D eigenvalue weighted by atomic mass is 16.4. The zero-order valence-electron chi connectivity index (χ0n) is 8.71. The van der Waals surface area contributed by atoms with E-state index >= 15 is 0 Å². The zero-order chi connectivity index (χ0) is 11.4. The van der Waals surface area contributed by atoms with Gasteiger partial charge >= 0.3 is 6.71 Å². The second-order valence-electron chi connectivity index (χ2n) is 3.59. The van der Waals surface area contributed by atoms with Crippen molar-refractivity contribution < 1.29 is 9.90 Å². The molecule has 2 rings (SSSR count). The molecule has 16 heavy (non-hydrogen) atoms. The van der Waals surface area contributed by atoms with Crippen LogP contribution < -0.4 is 10.9 Å². The van der Waals surface area contributed by atoms with Gasteiger partial charge < -0.3 is 5.11 Å². The summed E-state index contributed by atoms with van der Waals surface area (Å²) in [5.41, 5.74) is 1.61. The standard InChI is InChI=1S/C13H11BO2/c15-13(16)14(11-7-3-1-4-8-11)12-9-5-2-6-10-12/h1-10H,(H,15,16). The summed E-state index contributed by atoms with van der Waals surface area (Å²) in [6, 6.07) is 18.5. The summed E-state index contributed by atoms with van der Waals surface area (Å²) in [6.07, 6.45) is 0. The second-order valence-corrected chi connectivity index (χ2v) is 3.59. The van der Waals surface area contributed by atoms with Crippen molar-refractivity contribution in [1.82, 2.24) is 0 Å². The van der Waals surface area contributed by atoms with Gasteiger partial charge in [0.15, 0.2) is 0 Å². The Balaban J connectivity index is 2.44. The minimum Gasteiger partial charge on any atom is -0.489 e. The van der Waals surface area contributed by atoms with Crippen molar-refractivity contribution in [3.05, 3.63) is 60.7 Å². The Labute approximate surface area is 94.6 Å². The minimum atomic E-state index is -0.822. The first kappa shape index (κ1) is 10.5. The fourth-order valence-electron chi connectivity index (χ4n) is 1.77. The summed E-state index contributed by atoms with van der Waals surface area (Å²) in [5, 5.41) is 9.28. The summed E-state index contributed by atoms with van der Waals surface area (Å²) in [7, 11) is 0. The molecule has 2 aromatic rings. The molecule has 0 radical (unpaired) electrons. The van der Waals surface area contributed by atoms with Gasteiger partial charge in [-0.05, 0) is 0 Å². The summed E-state index contributed by atoms with van der Waals surface area (Å²) >= 11 is 0. The Morgan fingerprint density at radius 3 is 1.50 bits per heavy atom. The van der Waals surface area contributed by atoms with Crippen LogP contribution in [0.15, 0.2) is 60.7 Å². The predicted octanol–water partition coefficient (Wildman–Crippen LogP) is 1.56. The van der Waals surface area contributed by atoms with Crippen molar-refractivity contribution in [3.8, 4) is 0 Å². The predicted molar refractivity (Wildman–Crippen MR) is 65.9 cm³/mol.